The fourth-order valence-electron chi connectivity index (χ4n) is 2.51. The summed E-state index contributed by atoms with van der Waals surface area (Å²) in [5.74, 6) is -0.0726. The minimum Gasteiger partial charge on any atom is -0.497 e. The molecule has 1 N–H and O–H groups in total. The number of esters is 1. The van der Waals surface area contributed by atoms with Crippen LogP contribution < -0.4 is 10.1 Å². The Morgan fingerprint density at radius 2 is 1.96 bits per heavy atom. The van der Waals surface area contributed by atoms with E-state index in [4.69, 9.17) is 9.47 Å². The number of rotatable bonds is 7. The monoisotopic (exact) mass is 396 g/mol. The highest BCUT2D eigenvalue weighted by molar-refractivity contribution is 7.13. The maximum Gasteiger partial charge on any atom is 0.325 e. The van der Waals surface area contributed by atoms with Gasteiger partial charge in [-0.05, 0) is 31.2 Å². The highest BCUT2D eigenvalue weighted by atomic mass is 32.1. The lowest BCUT2D eigenvalue weighted by atomic mass is 10.1. The molecule has 0 saturated carbocycles. The molecule has 0 unspecified atom stereocenters. The van der Waals surface area contributed by atoms with Gasteiger partial charge in [-0.2, -0.15) is 0 Å². The van der Waals surface area contributed by atoms with Crippen molar-refractivity contribution in [3.05, 3.63) is 70.7 Å². The third-order valence-electron chi connectivity index (χ3n) is 3.92. The number of carbonyl (C=O) groups is 2. The molecule has 2 aromatic carbocycles. The van der Waals surface area contributed by atoms with E-state index in [1.807, 2.05) is 42.6 Å². The number of nitrogens with one attached hydrogen (secondary N) is 1. The van der Waals surface area contributed by atoms with Crippen LogP contribution in [-0.4, -0.2) is 30.5 Å². The van der Waals surface area contributed by atoms with Crippen LogP contribution in [0.1, 0.15) is 21.6 Å². The first kappa shape index (κ1) is 19.6. The molecule has 0 radical (unpaired) electrons. The van der Waals surface area contributed by atoms with E-state index in [-0.39, 0.29) is 19.1 Å². The smallest absolute Gasteiger partial charge is 0.325 e. The molecule has 0 spiro atoms. The highest BCUT2D eigenvalue weighted by Gasteiger charge is 2.11. The number of carbonyl (C=O) groups excluding carboxylic acids is 2. The van der Waals surface area contributed by atoms with E-state index in [9.17, 15) is 9.59 Å². The van der Waals surface area contributed by atoms with Gasteiger partial charge in [-0.15, -0.1) is 11.3 Å². The minimum absolute atomic E-state index is 0.0552. The SMILES string of the molecule is COc1cccc(-c2nc(COC(=O)CNC(=O)c3cccc(C)c3)cs2)c1. The number of methoxy groups -OCH3 is 1. The average Bonchev–Trinajstić information content (AvgIpc) is 3.19. The van der Waals surface area contributed by atoms with Crippen molar-refractivity contribution < 1.29 is 19.1 Å². The Kier molecular flexibility index (Phi) is 6.39. The summed E-state index contributed by atoms with van der Waals surface area (Å²) in [6.45, 7) is 1.76. The van der Waals surface area contributed by atoms with Crippen molar-refractivity contribution in [1.82, 2.24) is 10.3 Å². The number of nitrogens with zero attached hydrogens (tertiary/aromatic N) is 1. The molecule has 1 aromatic heterocycles. The fraction of sp³-hybridized carbons (Fsp3) is 0.190. The molecule has 0 saturated heterocycles. The van der Waals surface area contributed by atoms with E-state index in [2.05, 4.69) is 10.3 Å². The van der Waals surface area contributed by atoms with E-state index in [1.165, 1.54) is 11.3 Å². The van der Waals surface area contributed by atoms with Gasteiger partial charge in [0.25, 0.3) is 5.91 Å². The van der Waals surface area contributed by atoms with Crippen LogP contribution in [0.5, 0.6) is 5.75 Å². The third kappa shape index (κ3) is 5.17. The lowest BCUT2D eigenvalue weighted by Crippen LogP contribution is -2.30. The number of aryl methyl sites for hydroxylation is 1. The van der Waals surface area contributed by atoms with Gasteiger partial charge in [0.2, 0.25) is 0 Å². The van der Waals surface area contributed by atoms with Gasteiger partial charge < -0.3 is 14.8 Å². The molecule has 3 aromatic rings. The van der Waals surface area contributed by atoms with Gasteiger partial charge in [0, 0.05) is 16.5 Å². The second-order valence-electron chi connectivity index (χ2n) is 6.09. The summed E-state index contributed by atoms with van der Waals surface area (Å²) in [6, 6.07) is 14.8. The number of hydrogen-bond acceptors (Lipinski definition) is 6. The third-order valence-corrected chi connectivity index (χ3v) is 4.86. The number of aromatic nitrogens is 1. The molecule has 7 heteroatoms. The molecule has 6 nitrogen and oxygen atoms in total. The Hall–Kier alpha value is -3.19. The van der Waals surface area contributed by atoms with E-state index in [0.29, 0.717) is 11.3 Å². The first-order chi connectivity index (χ1) is 13.5. The zero-order valence-corrected chi connectivity index (χ0v) is 16.4. The van der Waals surface area contributed by atoms with Crippen molar-refractivity contribution in [1.29, 1.82) is 0 Å². The molecule has 0 aliphatic heterocycles. The second-order valence-corrected chi connectivity index (χ2v) is 6.95. The van der Waals surface area contributed by atoms with E-state index in [1.54, 1.807) is 25.3 Å². The van der Waals surface area contributed by atoms with E-state index >= 15 is 0 Å². The first-order valence-electron chi connectivity index (χ1n) is 8.64. The topological polar surface area (TPSA) is 77.5 Å². The Morgan fingerprint density at radius 3 is 2.75 bits per heavy atom. The second kappa shape index (κ2) is 9.14. The van der Waals surface area contributed by atoms with Crippen LogP contribution in [0.2, 0.25) is 0 Å². The van der Waals surface area contributed by atoms with Crippen molar-refractivity contribution in [3.63, 3.8) is 0 Å². The zero-order chi connectivity index (χ0) is 19.9. The molecule has 0 bridgehead atoms. The standard InChI is InChI=1S/C21H20N2O4S/c1-14-5-3-6-15(9-14)20(25)22-11-19(24)27-12-17-13-28-21(23-17)16-7-4-8-18(10-16)26-2/h3-10,13H,11-12H2,1-2H3,(H,22,25). The van der Waals surface area contributed by atoms with Crippen LogP contribution in [0.3, 0.4) is 0 Å². The van der Waals surface area contributed by atoms with Crippen LogP contribution >= 0.6 is 11.3 Å². The van der Waals surface area contributed by atoms with Crippen molar-refractivity contribution in [2.75, 3.05) is 13.7 Å². The summed E-state index contributed by atoms with van der Waals surface area (Å²) in [6.07, 6.45) is 0. The first-order valence-corrected chi connectivity index (χ1v) is 9.52. The number of thiazole rings is 1. The molecule has 1 heterocycles. The molecule has 0 atom stereocenters. The van der Waals surface area contributed by atoms with Gasteiger partial charge in [0.1, 0.15) is 23.9 Å². The van der Waals surface area contributed by atoms with Crippen LogP contribution in [0.4, 0.5) is 0 Å². The molecular weight excluding hydrogens is 376 g/mol. The van der Waals surface area contributed by atoms with Gasteiger partial charge in [0.05, 0.1) is 12.8 Å². The van der Waals surface area contributed by atoms with E-state index < -0.39 is 5.97 Å². The van der Waals surface area contributed by atoms with Gasteiger partial charge in [-0.3, -0.25) is 9.59 Å². The van der Waals surface area contributed by atoms with Crippen LogP contribution in [-0.2, 0) is 16.1 Å². The van der Waals surface area contributed by atoms with Gasteiger partial charge in [0.15, 0.2) is 0 Å². The Labute approximate surface area is 167 Å². The Balaban J connectivity index is 1.50. The largest absolute Gasteiger partial charge is 0.497 e. The minimum atomic E-state index is -0.517. The van der Waals surface area contributed by atoms with Crippen LogP contribution in [0, 0.1) is 6.92 Å². The summed E-state index contributed by atoms with van der Waals surface area (Å²) >= 11 is 1.46. The summed E-state index contributed by atoms with van der Waals surface area (Å²) in [5.41, 5.74) is 3.08. The molecule has 1 amide bonds. The van der Waals surface area contributed by atoms with Gasteiger partial charge in [-0.25, -0.2) is 4.98 Å². The molecule has 0 aliphatic rings. The highest BCUT2D eigenvalue weighted by Crippen LogP contribution is 2.27. The molecule has 144 valence electrons. The average molecular weight is 396 g/mol. The lowest BCUT2D eigenvalue weighted by molar-refractivity contribution is -0.143. The van der Waals surface area contributed by atoms with Crippen molar-refractivity contribution in [2.45, 2.75) is 13.5 Å². The summed E-state index contributed by atoms with van der Waals surface area (Å²) in [5, 5.41) is 5.22. The Morgan fingerprint density at radius 1 is 1.14 bits per heavy atom. The zero-order valence-electron chi connectivity index (χ0n) is 15.6. The lowest BCUT2D eigenvalue weighted by Gasteiger charge is -2.06. The van der Waals surface area contributed by atoms with Gasteiger partial charge >= 0.3 is 5.97 Å². The molecular formula is C21H20N2O4S. The number of hydrogen-bond donors (Lipinski definition) is 1. The number of amides is 1. The summed E-state index contributed by atoms with van der Waals surface area (Å²) < 4.78 is 10.4. The van der Waals surface area contributed by atoms with E-state index in [0.717, 1.165) is 21.9 Å². The number of benzene rings is 2. The quantitative estimate of drug-likeness (QED) is 0.618. The Bertz CT molecular complexity index is 984. The molecule has 0 aliphatic carbocycles. The maximum absolute atomic E-state index is 12.0. The summed E-state index contributed by atoms with van der Waals surface area (Å²) in [4.78, 5) is 28.4. The fourth-order valence-corrected chi connectivity index (χ4v) is 3.31. The number of ether oxygens (including phenoxy) is 2. The maximum atomic E-state index is 12.0. The van der Waals surface area contributed by atoms with Crippen molar-refractivity contribution in [2.24, 2.45) is 0 Å². The van der Waals surface area contributed by atoms with Crippen LogP contribution in [0.15, 0.2) is 53.9 Å². The predicted octanol–water partition coefficient (Wildman–Crippen LogP) is 3.60. The molecule has 28 heavy (non-hydrogen) atoms. The normalized spacial score (nSPS) is 10.4. The molecule has 3 rings (SSSR count). The van der Waals surface area contributed by atoms with Crippen molar-refractivity contribution >= 4 is 23.2 Å². The predicted molar refractivity (Wildman–Crippen MR) is 107 cm³/mol. The summed E-state index contributed by atoms with van der Waals surface area (Å²) in [7, 11) is 1.61. The van der Waals surface area contributed by atoms with Gasteiger partial charge in [-0.1, -0.05) is 29.8 Å². The van der Waals surface area contributed by atoms with Crippen LogP contribution in [0.25, 0.3) is 10.6 Å². The van der Waals surface area contributed by atoms with Crippen molar-refractivity contribution in [3.8, 4) is 16.3 Å². The molecule has 0 fully saturated rings.